The third-order valence-electron chi connectivity index (χ3n) is 2.61. The third-order valence-corrected chi connectivity index (χ3v) is 3.19. The van der Waals surface area contributed by atoms with Crippen molar-refractivity contribution in [3.63, 3.8) is 0 Å². The zero-order valence-electron chi connectivity index (χ0n) is 10.2. The number of hydrogen-bond acceptors (Lipinski definition) is 3. The molecule has 6 heteroatoms. The summed E-state index contributed by atoms with van der Waals surface area (Å²) in [4.78, 5) is 12.2. The van der Waals surface area contributed by atoms with Gasteiger partial charge in [0, 0.05) is 6.54 Å². The molecule has 0 unspecified atom stereocenters. The number of amides is 1. The number of hydrogen-bond donors (Lipinski definition) is 1. The Morgan fingerprint density at radius 2 is 2.26 bits per heavy atom. The summed E-state index contributed by atoms with van der Waals surface area (Å²) in [6.45, 7) is 2.49. The Morgan fingerprint density at radius 1 is 1.53 bits per heavy atom. The van der Waals surface area contributed by atoms with Crippen LogP contribution < -0.4 is 5.32 Å². The van der Waals surface area contributed by atoms with Crippen molar-refractivity contribution in [3.8, 4) is 6.07 Å². The van der Waals surface area contributed by atoms with Crippen LogP contribution in [0.3, 0.4) is 0 Å². The van der Waals surface area contributed by atoms with E-state index in [1.165, 1.54) is 0 Å². The minimum Gasteiger partial charge on any atom is -0.319 e. The van der Waals surface area contributed by atoms with Crippen LogP contribution >= 0.6 is 15.9 Å². The van der Waals surface area contributed by atoms with Crippen LogP contribution in [0.2, 0.25) is 0 Å². The van der Waals surface area contributed by atoms with Crippen LogP contribution in [0.5, 0.6) is 0 Å². The molecule has 0 bridgehead atoms. The maximum absolute atomic E-state index is 12.2. The fraction of sp³-hybridized carbons (Fsp3) is 0.154. The van der Waals surface area contributed by atoms with Crippen LogP contribution in [-0.2, 0) is 6.54 Å². The molecule has 0 atom stereocenters. The number of carbonyl (C=O) groups is 1. The quantitative estimate of drug-likeness (QED) is 0.945. The molecule has 1 aromatic heterocycles. The van der Waals surface area contributed by atoms with Gasteiger partial charge in [-0.3, -0.25) is 9.48 Å². The van der Waals surface area contributed by atoms with Gasteiger partial charge >= 0.3 is 0 Å². The lowest BCUT2D eigenvalue weighted by molar-refractivity contribution is 0.101. The van der Waals surface area contributed by atoms with Gasteiger partial charge in [0.25, 0.3) is 5.91 Å². The summed E-state index contributed by atoms with van der Waals surface area (Å²) in [6, 6.07) is 8.90. The largest absolute Gasteiger partial charge is 0.319 e. The maximum atomic E-state index is 12.2. The summed E-state index contributed by atoms with van der Waals surface area (Å²) >= 11 is 3.30. The van der Waals surface area contributed by atoms with Gasteiger partial charge in [0.15, 0.2) is 0 Å². The SMILES string of the molecule is CCn1ncc(Br)c1C(=O)Nc1ccccc1C#N. The van der Waals surface area contributed by atoms with Crippen molar-refractivity contribution in [2.75, 3.05) is 5.32 Å². The highest BCUT2D eigenvalue weighted by atomic mass is 79.9. The number of halogens is 1. The predicted octanol–water partition coefficient (Wildman–Crippen LogP) is 2.79. The van der Waals surface area contributed by atoms with Gasteiger partial charge in [0.2, 0.25) is 0 Å². The Hall–Kier alpha value is -2.13. The highest BCUT2D eigenvalue weighted by Gasteiger charge is 2.17. The van der Waals surface area contributed by atoms with Gasteiger partial charge in [0.05, 0.1) is 21.9 Å². The van der Waals surface area contributed by atoms with Crippen molar-refractivity contribution in [3.05, 3.63) is 46.2 Å². The molecule has 0 saturated heterocycles. The maximum Gasteiger partial charge on any atom is 0.275 e. The second-order valence-electron chi connectivity index (χ2n) is 3.77. The van der Waals surface area contributed by atoms with E-state index < -0.39 is 0 Å². The van der Waals surface area contributed by atoms with Gasteiger partial charge in [-0.2, -0.15) is 10.4 Å². The van der Waals surface area contributed by atoms with Crippen LogP contribution in [0.15, 0.2) is 34.9 Å². The fourth-order valence-electron chi connectivity index (χ4n) is 1.70. The normalized spacial score (nSPS) is 9.95. The van der Waals surface area contributed by atoms with Gasteiger partial charge in [-0.15, -0.1) is 0 Å². The number of para-hydroxylation sites is 1. The first-order valence-corrected chi connectivity index (χ1v) is 6.48. The predicted molar refractivity (Wildman–Crippen MR) is 74.7 cm³/mol. The van der Waals surface area contributed by atoms with Crippen LogP contribution in [0, 0.1) is 11.3 Å². The first-order chi connectivity index (χ1) is 9.17. The molecule has 0 aliphatic heterocycles. The summed E-state index contributed by atoms with van der Waals surface area (Å²) in [6.07, 6.45) is 1.58. The molecule has 0 radical (unpaired) electrons. The molecule has 2 rings (SSSR count). The zero-order chi connectivity index (χ0) is 13.8. The molecule has 1 heterocycles. The van der Waals surface area contributed by atoms with E-state index in [1.54, 1.807) is 35.1 Å². The topological polar surface area (TPSA) is 70.7 Å². The summed E-state index contributed by atoms with van der Waals surface area (Å²) in [7, 11) is 0. The van der Waals surface area contributed by atoms with E-state index in [-0.39, 0.29) is 5.91 Å². The van der Waals surface area contributed by atoms with Crippen LogP contribution in [0.1, 0.15) is 23.0 Å². The van der Waals surface area contributed by atoms with Gasteiger partial charge in [0.1, 0.15) is 11.8 Å². The van der Waals surface area contributed by atoms with E-state index in [2.05, 4.69) is 26.3 Å². The lowest BCUT2D eigenvalue weighted by Gasteiger charge is -2.08. The Balaban J connectivity index is 2.31. The minimum absolute atomic E-state index is 0.297. The first-order valence-electron chi connectivity index (χ1n) is 5.69. The van der Waals surface area contributed by atoms with Crippen LogP contribution in [0.4, 0.5) is 5.69 Å². The zero-order valence-corrected chi connectivity index (χ0v) is 11.8. The van der Waals surface area contributed by atoms with E-state index in [4.69, 9.17) is 5.26 Å². The number of nitrogens with one attached hydrogen (secondary N) is 1. The smallest absolute Gasteiger partial charge is 0.275 e. The van der Waals surface area contributed by atoms with E-state index in [0.29, 0.717) is 28.0 Å². The van der Waals surface area contributed by atoms with Gasteiger partial charge in [-0.1, -0.05) is 12.1 Å². The molecule has 0 saturated carbocycles. The Kier molecular flexibility index (Phi) is 3.97. The molecule has 0 aliphatic rings. The summed E-state index contributed by atoms with van der Waals surface area (Å²) in [5, 5.41) is 15.8. The Labute approximate surface area is 119 Å². The molecular formula is C13H11BrN4O. The van der Waals surface area contributed by atoms with Gasteiger partial charge in [-0.05, 0) is 35.0 Å². The van der Waals surface area contributed by atoms with Crippen molar-refractivity contribution < 1.29 is 4.79 Å². The number of benzene rings is 1. The summed E-state index contributed by atoms with van der Waals surface area (Å²) < 4.78 is 2.22. The lowest BCUT2D eigenvalue weighted by atomic mass is 10.2. The van der Waals surface area contributed by atoms with E-state index >= 15 is 0 Å². The van der Waals surface area contributed by atoms with E-state index in [9.17, 15) is 4.79 Å². The second-order valence-corrected chi connectivity index (χ2v) is 4.62. The average molecular weight is 319 g/mol. The standard InChI is InChI=1S/C13H11BrN4O/c1-2-18-12(10(14)8-16-18)13(19)17-11-6-4-3-5-9(11)7-15/h3-6,8H,2H2,1H3,(H,17,19). The highest BCUT2D eigenvalue weighted by molar-refractivity contribution is 9.10. The monoisotopic (exact) mass is 318 g/mol. The molecule has 96 valence electrons. The molecule has 0 fully saturated rings. The number of nitriles is 1. The van der Waals surface area contributed by atoms with Gasteiger partial charge < -0.3 is 5.32 Å². The number of anilines is 1. The highest BCUT2D eigenvalue weighted by Crippen LogP contribution is 2.19. The Bertz CT molecular complexity index is 657. The molecule has 1 N–H and O–H groups in total. The summed E-state index contributed by atoms with van der Waals surface area (Å²) in [5.41, 5.74) is 1.36. The van der Waals surface area contributed by atoms with Crippen molar-refractivity contribution in [1.29, 1.82) is 5.26 Å². The fourth-order valence-corrected chi connectivity index (χ4v) is 2.18. The van der Waals surface area contributed by atoms with E-state index in [0.717, 1.165) is 0 Å². The second kappa shape index (κ2) is 5.67. The van der Waals surface area contributed by atoms with Gasteiger partial charge in [-0.25, -0.2) is 0 Å². The minimum atomic E-state index is -0.297. The number of aryl methyl sites for hydroxylation is 1. The number of carbonyl (C=O) groups excluding carboxylic acids is 1. The lowest BCUT2D eigenvalue weighted by Crippen LogP contribution is -2.18. The van der Waals surface area contributed by atoms with Crippen LogP contribution in [-0.4, -0.2) is 15.7 Å². The molecule has 19 heavy (non-hydrogen) atoms. The average Bonchev–Trinajstić information content (AvgIpc) is 2.80. The molecule has 1 amide bonds. The molecule has 5 nitrogen and oxygen atoms in total. The van der Waals surface area contributed by atoms with E-state index in [1.807, 2.05) is 13.0 Å². The number of rotatable bonds is 3. The van der Waals surface area contributed by atoms with Crippen molar-refractivity contribution in [2.45, 2.75) is 13.5 Å². The number of nitrogens with zero attached hydrogens (tertiary/aromatic N) is 3. The van der Waals surface area contributed by atoms with Crippen molar-refractivity contribution in [2.24, 2.45) is 0 Å². The molecular weight excluding hydrogens is 308 g/mol. The van der Waals surface area contributed by atoms with Crippen LogP contribution in [0.25, 0.3) is 0 Å². The molecule has 0 spiro atoms. The molecule has 0 aliphatic carbocycles. The molecule has 1 aromatic carbocycles. The molecule has 2 aromatic rings. The van der Waals surface area contributed by atoms with Crippen molar-refractivity contribution in [1.82, 2.24) is 9.78 Å². The summed E-state index contributed by atoms with van der Waals surface area (Å²) in [5.74, 6) is -0.297. The third kappa shape index (κ3) is 2.66. The number of aromatic nitrogens is 2. The Morgan fingerprint density at radius 3 is 2.95 bits per heavy atom. The first kappa shape index (κ1) is 13.3. The van der Waals surface area contributed by atoms with Crippen molar-refractivity contribution >= 4 is 27.5 Å².